The third-order valence-corrected chi connectivity index (χ3v) is 2.95. The Labute approximate surface area is 101 Å². The van der Waals surface area contributed by atoms with Crippen molar-refractivity contribution in [3.8, 4) is 0 Å². The van der Waals surface area contributed by atoms with Crippen molar-refractivity contribution >= 4 is 17.3 Å². The second kappa shape index (κ2) is 4.37. The van der Waals surface area contributed by atoms with Crippen molar-refractivity contribution in [2.45, 2.75) is 32.2 Å². The molecule has 0 bridgehead atoms. The van der Waals surface area contributed by atoms with E-state index in [1.165, 1.54) is 0 Å². The quantitative estimate of drug-likeness (QED) is 0.744. The van der Waals surface area contributed by atoms with Crippen molar-refractivity contribution in [1.82, 2.24) is 0 Å². The number of aliphatic hydroxyl groups excluding tert-OH is 1. The predicted molar refractivity (Wildman–Crippen MR) is 68.2 cm³/mol. The lowest BCUT2D eigenvalue weighted by Gasteiger charge is -2.27. The summed E-state index contributed by atoms with van der Waals surface area (Å²) in [5, 5.41) is 15.1. The number of amides is 1. The number of nitrogens with one attached hydrogen (secondary N) is 2. The summed E-state index contributed by atoms with van der Waals surface area (Å²) in [7, 11) is 0. The van der Waals surface area contributed by atoms with E-state index in [4.69, 9.17) is 5.11 Å². The van der Waals surface area contributed by atoms with Gasteiger partial charge in [0.25, 0.3) is 0 Å². The molecule has 1 amide bonds. The van der Waals surface area contributed by atoms with Crippen LogP contribution < -0.4 is 10.6 Å². The van der Waals surface area contributed by atoms with Crippen LogP contribution in [0.5, 0.6) is 0 Å². The Hall–Kier alpha value is -1.55. The summed E-state index contributed by atoms with van der Waals surface area (Å²) in [6, 6.07) is 5.85. The van der Waals surface area contributed by atoms with Crippen molar-refractivity contribution in [3.63, 3.8) is 0 Å². The smallest absolute Gasteiger partial charge is 0.228 e. The Bertz CT molecular complexity index is 441. The maximum absolute atomic E-state index is 11.2. The topological polar surface area (TPSA) is 61.4 Å². The fourth-order valence-corrected chi connectivity index (χ4v) is 2.04. The third-order valence-electron chi connectivity index (χ3n) is 2.95. The number of carbonyl (C=O) groups excluding carboxylic acids is 1. The summed E-state index contributed by atoms with van der Waals surface area (Å²) in [6.45, 7) is 4.24. The molecule has 0 aliphatic carbocycles. The number of carbonyl (C=O) groups is 1. The monoisotopic (exact) mass is 234 g/mol. The van der Waals surface area contributed by atoms with E-state index in [-0.39, 0.29) is 18.1 Å². The Morgan fingerprint density at radius 1 is 1.47 bits per heavy atom. The number of hydrogen-bond acceptors (Lipinski definition) is 3. The molecule has 3 N–H and O–H groups in total. The minimum atomic E-state index is -0.154. The van der Waals surface area contributed by atoms with Crippen LogP contribution in [0.15, 0.2) is 18.2 Å². The molecule has 17 heavy (non-hydrogen) atoms. The molecule has 0 fully saturated rings. The Morgan fingerprint density at radius 2 is 2.24 bits per heavy atom. The van der Waals surface area contributed by atoms with E-state index in [0.717, 1.165) is 16.9 Å². The number of hydrogen-bond donors (Lipinski definition) is 3. The van der Waals surface area contributed by atoms with E-state index in [0.29, 0.717) is 12.8 Å². The fraction of sp³-hybridized carbons (Fsp3) is 0.462. The Kier molecular flexibility index (Phi) is 3.07. The SMILES string of the molecule is CC(C)(CCO)Nc1ccc2c(c1)CC(=O)N2. The zero-order valence-electron chi connectivity index (χ0n) is 10.2. The van der Waals surface area contributed by atoms with E-state index < -0.39 is 0 Å². The minimum absolute atomic E-state index is 0.0479. The van der Waals surface area contributed by atoms with Gasteiger partial charge in [-0.25, -0.2) is 0 Å². The van der Waals surface area contributed by atoms with E-state index in [2.05, 4.69) is 10.6 Å². The molecule has 1 aromatic rings. The summed E-state index contributed by atoms with van der Waals surface area (Å²) < 4.78 is 0. The van der Waals surface area contributed by atoms with E-state index in [1.807, 2.05) is 32.0 Å². The van der Waals surface area contributed by atoms with Crippen LogP contribution in [0.25, 0.3) is 0 Å². The van der Waals surface area contributed by atoms with Crippen molar-refractivity contribution in [2.24, 2.45) is 0 Å². The highest BCUT2D eigenvalue weighted by atomic mass is 16.3. The molecule has 0 saturated heterocycles. The Balaban J connectivity index is 2.14. The van der Waals surface area contributed by atoms with Crippen molar-refractivity contribution in [3.05, 3.63) is 23.8 Å². The van der Waals surface area contributed by atoms with E-state index in [1.54, 1.807) is 0 Å². The van der Waals surface area contributed by atoms with Gasteiger partial charge in [-0.05, 0) is 44.0 Å². The zero-order chi connectivity index (χ0) is 12.5. The first-order chi connectivity index (χ1) is 8.00. The molecule has 1 aromatic carbocycles. The molecule has 1 heterocycles. The predicted octanol–water partition coefficient (Wildman–Crippen LogP) is 1.75. The maximum Gasteiger partial charge on any atom is 0.228 e. The van der Waals surface area contributed by atoms with Gasteiger partial charge in [-0.3, -0.25) is 4.79 Å². The standard InChI is InChI=1S/C13H18N2O2/c1-13(2,5-6-16)15-10-3-4-11-9(7-10)8-12(17)14-11/h3-4,7,15-16H,5-6,8H2,1-2H3,(H,14,17). The molecule has 4 heteroatoms. The second-order valence-electron chi connectivity index (χ2n) is 5.08. The maximum atomic E-state index is 11.2. The molecule has 0 aromatic heterocycles. The van der Waals surface area contributed by atoms with Crippen LogP contribution in [0.4, 0.5) is 11.4 Å². The first kappa shape index (κ1) is 11.9. The number of benzene rings is 1. The van der Waals surface area contributed by atoms with Crippen LogP contribution in [-0.4, -0.2) is 23.2 Å². The molecule has 0 radical (unpaired) electrons. The van der Waals surface area contributed by atoms with Crippen molar-refractivity contribution in [2.75, 3.05) is 17.2 Å². The van der Waals surface area contributed by atoms with Crippen LogP contribution in [0.1, 0.15) is 25.8 Å². The van der Waals surface area contributed by atoms with E-state index in [9.17, 15) is 4.79 Å². The molecule has 1 aliphatic heterocycles. The summed E-state index contributed by atoms with van der Waals surface area (Å²) in [5.41, 5.74) is 2.76. The molecule has 0 saturated carbocycles. The summed E-state index contributed by atoms with van der Waals surface area (Å²) >= 11 is 0. The summed E-state index contributed by atoms with van der Waals surface area (Å²) in [4.78, 5) is 11.2. The van der Waals surface area contributed by atoms with Crippen LogP contribution in [-0.2, 0) is 11.2 Å². The lowest BCUT2D eigenvalue weighted by atomic mass is 10.0. The van der Waals surface area contributed by atoms with Crippen LogP contribution in [0.3, 0.4) is 0 Å². The third kappa shape index (κ3) is 2.77. The molecule has 1 aliphatic rings. The minimum Gasteiger partial charge on any atom is -0.396 e. The summed E-state index contributed by atoms with van der Waals surface area (Å²) in [5.74, 6) is 0.0479. The lowest BCUT2D eigenvalue weighted by Crippen LogP contribution is -2.31. The molecule has 0 spiro atoms. The van der Waals surface area contributed by atoms with Crippen molar-refractivity contribution < 1.29 is 9.90 Å². The number of anilines is 2. The molecule has 2 rings (SSSR count). The first-order valence-corrected chi connectivity index (χ1v) is 5.82. The summed E-state index contributed by atoms with van der Waals surface area (Å²) in [6.07, 6.45) is 1.13. The average Bonchev–Trinajstić information content (AvgIpc) is 2.56. The molecular formula is C13H18N2O2. The van der Waals surface area contributed by atoms with E-state index >= 15 is 0 Å². The molecule has 4 nitrogen and oxygen atoms in total. The normalized spacial score (nSPS) is 14.4. The average molecular weight is 234 g/mol. The highest BCUT2D eigenvalue weighted by molar-refractivity contribution is 5.99. The van der Waals surface area contributed by atoms with Crippen LogP contribution >= 0.6 is 0 Å². The van der Waals surface area contributed by atoms with Gasteiger partial charge < -0.3 is 15.7 Å². The van der Waals surface area contributed by atoms with Gasteiger partial charge in [-0.15, -0.1) is 0 Å². The largest absolute Gasteiger partial charge is 0.396 e. The van der Waals surface area contributed by atoms with Gasteiger partial charge in [0.05, 0.1) is 6.42 Å². The zero-order valence-corrected chi connectivity index (χ0v) is 10.2. The first-order valence-electron chi connectivity index (χ1n) is 5.82. The number of aliphatic hydroxyl groups is 1. The van der Waals surface area contributed by atoms with Gasteiger partial charge in [0, 0.05) is 23.5 Å². The van der Waals surface area contributed by atoms with Gasteiger partial charge in [0.15, 0.2) is 0 Å². The van der Waals surface area contributed by atoms with Gasteiger partial charge >= 0.3 is 0 Å². The highest BCUT2D eigenvalue weighted by Crippen LogP contribution is 2.27. The van der Waals surface area contributed by atoms with Gasteiger partial charge in [-0.1, -0.05) is 0 Å². The van der Waals surface area contributed by atoms with Crippen LogP contribution in [0.2, 0.25) is 0 Å². The highest BCUT2D eigenvalue weighted by Gasteiger charge is 2.20. The Morgan fingerprint density at radius 3 is 2.94 bits per heavy atom. The fourth-order valence-electron chi connectivity index (χ4n) is 2.04. The number of rotatable bonds is 4. The van der Waals surface area contributed by atoms with Gasteiger partial charge in [0.2, 0.25) is 5.91 Å². The molecular weight excluding hydrogens is 216 g/mol. The molecule has 0 atom stereocenters. The van der Waals surface area contributed by atoms with Crippen LogP contribution in [0, 0.1) is 0 Å². The van der Waals surface area contributed by atoms with Crippen molar-refractivity contribution in [1.29, 1.82) is 0 Å². The molecule has 92 valence electrons. The van der Waals surface area contributed by atoms with Gasteiger partial charge in [-0.2, -0.15) is 0 Å². The lowest BCUT2D eigenvalue weighted by molar-refractivity contribution is -0.115. The molecule has 0 unspecified atom stereocenters. The second-order valence-corrected chi connectivity index (χ2v) is 5.08. The van der Waals surface area contributed by atoms with Gasteiger partial charge in [0.1, 0.15) is 0 Å². The number of fused-ring (bicyclic) bond motifs is 1.